The van der Waals surface area contributed by atoms with Crippen LogP contribution in [-0.2, 0) is 4.79 Å². The van der Waals surface area contributed by atoms with Gasteiger partial charge in [0.15, 0.2) is 0 Å². The molecule has 0 radical (unpaired) electrons. The van der Waals surface area contributed by atoms with E-state index in [1.54, 1.807) is 11.9 Å². The van der Waals surface area contributed by atoms with E-state index in [0.717, 1.165) is 19.3 Å². The van der Waals surface area contributed by atoms with E-state index in [1.807, 2.05) is 25.9 Å². The molecule has 0 aliphatic heterocycles. The first-order chi connectivity index (χ1) is 7.47. The Kier molecular flexibility index (Phi) is 4.74. The maximum Gasteiger partial charge on any atom is 0.239 e. The zero-order valence-corrected chi connectivity index (χ0v) is 10.8. The Labute approximate surface area is 98.2 Å². The van der Waals surface area contributed by atoms with Gasteiger partial charge in [-0.25, -0.2) is 0 Å². The van der Waals surface area contributed by atoms with Crippen molar-refractivity contribution in [3.63, 3.8) is 0 Å². The molecule has 0 aromatic rings. The fraction of sp³-hybridized carbons (Fsp3) is 0.917. The van der Waals surface area contributed by atoms with Crippen LogP contribution < -0.4 is 0 Å². The van der Waals surface area contributed by atoms with E-state index < -0.39 is 0 Å². The molecule has 1 aliphatic carbocycles. The first-order valence-corrected chi connectivity index (χ1v) is 6.06. The highest BCUT2D eigenvalue weighted by molar-refractivity contribution is 5.81. The number of aliphatic hydroxyl groups is 1. The fourth-order valence-corrected chi connectivity index (χ4v) is 2.02. The maximum absolute atomic E-state index is 12.1. The molecule has 2 atom stereocenters. The zero-order chi connectivity index (χ0) is 12.3. The minimum absolute atomic E-state index is 0.0728. The van der Waals surface area contributed by atoms with Crippen LogP contribution in [0.25, 0.3) is 0 Å². The molecule has 4 heteroatoms. The van der Waals surface area contributed by atoms with Crippen molar-refractivity contribution >= 4 is 5.91 Å². The second-order valence-corrected chi connectivity index (χ2v) is 5.01. The lowest BCUT2D eigenvalue weighted by Gasteiger charge is -2.28. The molecule has 1 rings (SSSR count). The van der Waals surface area contributed by atoms with Crippen molar-refractivity contribution < 1.29 is 9.90 Å². The van der Waals surface area contributed by atoms with E-state index in [9.17, 15) is 9.90 Å². The molecule has 1 aliphatic rings. The average molecular weight is 228 g/mol. The highest BCUT2D eigenvalue weighted by Crippen LogP contribution is 2.32. The van der Waals surface area contributed by atoms with Gasteiger partial charge in [0, 0.05) is 13.6 Å². The fourth-order valence-electron chi connectivity index (χ4n) is 2.02. The number of hydrogen-bond acceptors (Lipinski definition) is 3. The number of amides is 1. The summed E-state index contributed by atoms with van der Waals surface area (Å²) in [4.78, 5) is 15.7. The summed E-state index contributed by atoms with van der Waals surface area (Å²) in [7, 11) is 5.61. The number of carbonyl (C=O) groups excluding carboxylic acids is 1. The van der Waals surface area contributed by atoms with Gasteiger partial charge in [-0.05, 0) is 39.3 Å². The Bertz CT molecular complexity index is 239. The summed E-state index contributed by atoms with van der Waals surface area (Å²) in [5, 5.41) is 9.79. The normalized spacial score (nSPS) is 19.6. The quantitative estimate of drug-likeness (QED) is 0.722. The lowest BCUT2D eigenvalue weighted by molar-refractivity contribution is -0.136. The third-order valence-corrected chi connectivity index (χ3v) is 3.30. The van der Waals surface area contributed by atoms with Gasteiger partial charge in [-0.3, -0.25) is 9.69 Å². The molecule has 2 unspecified atom stereocenters. The monoisotopic (exact) mass is 228 g/mol. The van der Waals surface area contributed by atoms with Crippen molar-refractivity contribution in [1.82, 2.24) is 9.80 Å². The Morgan fingerprint density at radius 2 is 1.94 bits per heavy atom. The first-order valence-electron chi connectivity index (χ1n) is 6.06. The van der Waals surface area contributed by atoms with Gasteiger partial charge in [-0.15, -0.1) is 0 Å². The molecule has 1 saturated carbocycles. The summed E-state index contributed by atoms with van der Waals surface area (Å²) in [6, 6.07) is -0.0728. The number of likely N-dealkylation sites (N-methyl/N-ethyl adjacent to an activating group) is 2. The second kappa shape index (κ2) is 5.64. The van der Waals surface area contributed by atoms with Gasteiger partial charge in [0.05, 0.1) is 12.1 Å². The van der Waals surface area contributed by atoms with Gasteiger partial charge in [0.2, 0.25) is 5.91 Å². The van der Waals surface area contributed by atoms with Crippen molar-refractivity contribution in [1.29, 1.82) is 0 Å². The van der Waals surface area contributed by atoms with E-state index in [1.165, 1.54) is 0 Å². The Morgan fingerprint density at radius 3 is 2.31 bits per heavy atom. The molecule has 1 fully saturated rings. The summed E-state index contributed by atoms with van der Waals surface area (Å²) >= 11 is 0. The number of aliphatic hydroxyl groups excluding tert-OH is 1. The van der Waals surface area contributed by atoms with Crippen LogP contribution in [0.15, 0.2) is 0 Å². The van der Waals surface area contributed by atoms with E-state index in [2.05, 4.69) is 0 Å². The van der Waals surface area contributed by atoms with Crippen molar-refractivity contribution in [2.75, 3.05) is 27.7 Å². The molecular weight excluding hydrogens is 204 g/mol. The van der Waals surface area contributed by atoms with Crippen molar-refractivity contribution in [2.45, 2.75) is 38.3 Å². The predicted octanol–water partition coefficient (Wildman–Crippen LogP) is 0.556. The number of nitrogens with zero attached hydrogens (tertiary/aromatic N) is 2. The molecule has 0 saturated heterocycles. The minimum atomic E-state index is -0.339. The molecule has 94 valence electrons. The average Bonchev–Trinajstić information content (AvgIpc) is 3.00. The molecule has 0 aromatic heterocycles. The number of carbonyl (C=O) groups is 1. The molecule has 0 bridgehead atoms. The summed E-state index contributed by atoms with van der Waals surface area (Å²) in [6.07, 6.45) is 2.67. The van der Waals surface area contributed by atoms with Gasteiger partial charge < -0.3 is 10.0 Å². The van der Waals surface area contributed by atoms with Crippen LogP contribution in [0.5, 0.6) is 0 Å². The van der Waals surface area contributed by atoms with Crippen molar-refractivity contribution in [3.8, 4) is 0 Å². The molecule has 16 heavy (non-hydrogen) atoms. The third-order valence-electron chi connectivity index (χ3n) is 3.30. The number of rotatable bonds is 6. The van der Waals surface area contributed by atoms with Crippen LogP contribution in [-0.4, -0.2) is 60.6 Å². The molecule has 0 heterocycles. The van der Waals surface area contributed by atoms with Crippen LogP contribution >= 0.6 is 0 Å². The summed E-state index contributed by atoms with van der Waals surface area (Å²) in [6.45, 7) is 2.47. The largest absolute Gasteiger partial charge is 0.391 e. The Morgan fingerprint density at radius 1 is 1.38 bits per heavy atom. The standard InChI is InChI=1S/C12H24N2O2/c1-5-10(13(2)3)12(16)14(4)8-11(15)9-6-7-9/h9-11,15H,5-8H2,1-4H3. The van der Waals surface area contributed by atoms with Crippen LogP contribution in [0.4, 0.5) is 0 Å². The van der Waals surface area contributed by atoms with Gasteiger partial charge in [-0.2, -0.15) is 0 Å². The molecule has 0 aromatic carbocycles. The van der Waals surface area contributed by atoms with Crippen LogP contribution in [0.1, 0.15) is 26.2 Å². The van der Waals surface area contributed by atoms with E-state index in [4.69, 9.17) is 0 Å². The van der Waals surface area contributed by atoms with Gasteiger partial charge in [-0.1, -0.05) is 6.92 Å². The smallest absolute Gasteiger partial charge is 0.239 e. The Balaban J connectivity index is 2.44. The van der Waals surface area contributed by atoms with E-state index in [0.29, 0.717) is 12.5 Å². The van der Waals surface area contributed by atoms with E-state index >= 15 is 0 Å². The maximum atomic E-state index is 12.1. The summed E-state index contributed by atoms with van der Waals surface area (Å²) < 4.78 is 0. The van der Waals surface area contributed by atoms with Gasteiger partial charge in [0.1, 0.15) is 0 Å². The summed E-state index contributed by atoms with van der Waals surface area (Å²) in [5.41, 5.74) is 0. The molecule has 4 nitrogen and oxygen atoms in total. The van der Waals surface area contributed by atoms with E-state index in [-0.39, 0.29) is 18.1 Å². The van der Waals surface area contributed by atoms with Crippen LogP contribution in [0.2, 0.25) is 0 Å². The van der Waals surface area contributed by atoms with Crippen molar-refractivity contribution in [3.05, 3.63) is 0 Å². The SMILES string of the molecule is CCC(C(=O)N(C)CC(O)C1CC1)N(C)C. The summed E-state index contributed by atoms with van der Waals surface area (Å²) in [5.74, 6) is 0.530. The molecular formula is C12H24N2O2. The minimum Gasteiger partial charge on any atom is -0.391 e. The van der Waals surface area contributed by atoms with Crippen LogP contribution in [0, 0.1) is 5.92 Å². The molecule has 0 spiro atoms. The van der Waals surface area contributed by atoms with Crippen LogP contribution in [0.3, 0.4) is 0 Å². The first kappa shape index (κ1) is 13.5. The zero-order valence-electron chi connectivity index (χ0n) is 10.8. The number of hydrogen-bond donors (Lipinski definition) is 1. The lowest BCUT2D eigenvalue weighted by atomic mass is 10.1. The Hall–Kier alpha value is -0.610. The van der Waals surface area contributed by atoms with Crippen molar-refractivity contribution in [2.24, 2.45) is 5.92 Å². The molecule has 1 N–H and O–H groups in total. The predicted molar refractivity (Wildman–Crippen MR) is 64.1 cm³/mol. The van der Waals surface area contributed by atoms with Gasteiger partial charge in [0.25, 0.3) is 0 Å². The topological polar surface area (TPSA) is 43.8 Å². The second-order valence-electron chi connectivity index (χ2n) is 5.01. The highest BCUT2D eigenvalue weighted by atomic mass is 16.3. The van der Waals surface area contributed by atoms with Gasteiger partial charge >= 0.3 is 0 Å². The lowest BCUT2D eigenvalue weighted by Crippen LogP contribution is -2.46. The molecule has 1 amide bonds. The highest BCUT2D eigenvalue weighted by Gasteiger charge is 2.32. The third kappa shape index (κ3) is 3.46.